The lowest BCUT2D eigenvalue weighted by Crippen LogP contribution is -3.10. The summed E-state index contributed by atoms with van der Waals surface area (Å²) in [5.74, 6) is -1.22. The van der Waals surface area contributed by atoms with Gasteiger partial charge in [0.15, 0.2) is 0 Å². The van der Waals surface area contributed by atoms with Crippen LogP contribution in [0.1, 0.15) is 23.2 Å². The summed E-state index contributed by atoms with van der Waals surface area (Å²) < 4.78 is 0.829. The fraction of sp³-hybridized carbons (Fsp3) is 0.292. The number of anilines is 2. The van der Waals surface area contributed by atoms with E-state index in [0.29, 0.717) is 16.9 Å². The Labute approximate surface area is 206 Å². The number of quaternary nitrogens is 1. The molecule has 9 heteroatoms. The molecule has 2 heterocycles. The van der Waals surface area contributed by atoms with Crippen molar-refractivity contribution in [2.24, 2.45) is 0 Å². The monoisotopic (exact) mass is 531 g/mol. The van der Waals surface area contributed by atoms with Crippen molar-refractivity contribution in [2.45, 2.75) is 18.9 Å². The summed E-state index contributed by atoms with van der Waals surface area (Å²) in [6.45, 7) is 2.09. The molecule has 0 atom stereocenters. The van der Waals surface area contributed by atoms with Gasteiger partial charge in [-0.05, 0) is 42.5 Å². The summed E-state index contributed by atoms with van der Waals surface area (Å²) in [7, 11) is 4.00. The number of hydrogen-bond donors (Lipinski definition) is 2. The molecule has 1 saturated heterocycles. The second kappa shape index (κ2) is 9.67. The molecule has 0 saturated carbocycles. The zero-order valence-corrected chi connectivity index (χ0v) is 20.7. The van der Waals surface area contributed by atoms with Crippen LogP contribution in [0.2, 0.25) is 0 Å². The number of halogens is 2. The number of benzene rings is 2. The number of likely N-dealkylation sites (tertiary alicyclic amines) is 1. The molecule has 2 aromatic rings. The van der Waals surface area contributed by atoms with Crippen LogP contribution in [0.25, 0.3) is 0 Å². The van der Waals surface area contributed by atoms with Gasteiger partial charge in [0, 0.05) is 41.7 Å². The topological polar surface area (TPSA) is 74.2 Å². The third-order valence-corrected chi connectivity index (χ3v) is 7.05. The Morgan fingerprint density at radius 2 is 1.79 bits per heavy atom. The van der Waals surface area contributed by atoms with Crippen LogP contribution in [-0.4, -0.2) is 55.8 Å². The predicted molar refractivity (Wildman–Crippen MR) is 131 cm³/mol. The molecule has 0 spiro atoms. The third kappa shape index (κ3) is 4.83. The normalized spacial score (nSPS) is 20.9. The Morgan fingerprint density at radius 1 is 1.12 bits per heavy atom. The number of rotatable bonds is 5. The molecule has 0 aromatic heterocycles. The van der Waals surface area contributed by atoms with Crippen molar-refractivity contribution >= 4 is 56.6 Å². The Bertz CT molecular complexity index is 1130. The Balaban J connectivity index is 1.51. The summed E-state index contributed by atoms with van der Waals surface area (Å²) in [6.07, 6.45) is 1.94. The van der Waals surface area contributed by atoms with E-state index in [9.17, 15) is 14.4 Å². The average molecular weight is 533 g/mol. The minimum Gasteiger partial charge on any atom is -0.350 e. The van der Waals surface area contributed by atoms with E-state index in [2.05, 4.69) is 28.3 Å². The van der Waals surface area contributed by atoms with Crippen LogP contribution in [0.5, 0.6) is 0 Å². The molecule has 0 aliphatic carbocycles. The molecule has 1 fully saturated rings. The van der Waals surface area contributed by atoms with Gasteiger partial charge in [-0.15, -0.1) is 0 Å². The average Bonchev–Trinajstić information content (AvgIpc) is 3.02. The molecule has 7 nitrogen and oxygen atoms in total. The van der Waals surface area contributed by atoms with E-state index in [1.54, 1.807) is 53.4 Å². The quantitative estimate of drug-likeness (QED) is 0.581. The van der Waals surface area contributed by atoms with E-state index in [4.69, 9.17) is 11.6 Å². The van der Waals surface area contributed by atoms with Gasteiger partial charge in [0.25, 0.3) is 17.7 Å². The second-order valence-electron chi connectivity index (χ2n) is 8.42. The maximum atomic E-state index is 13.1. The highest BCUT2D eigenvalue weighted by Crippen LogP contribution is 2.31. The first-order valence-electron chi connectivity index (χ1n) is 10.8. The van der Waals surface area contributed by atoms with Gasteiger partial charge >= 0.3 is 0 Å². The Morgan fingerprint density at radius 3 is 2.45 bits per heavy atom. The van der Waals surface area contributed by atoms with Crippen molar-refractivity contribution in [1.29, 1.82) is 0 Å². The number of hydrogen-bond acceptors (Lipinski definition) is 4. The number of piperidine rings is 1. The highest BCUT2D eigenvalue weighted by Gasteiger charge is 2.39. The van der Waals surface area contributed by atoms with Crippen LogP contribution < -0.4 is 15.1 Å². The van der Waals surface area contributed by atoms with Gasteiger partial charge < -0.3 is 15.1 Å². The molecule has 0 unspecified atom stereocenters. The van der Waals surface area contributed by atoms with Crippen molar-refractivity contribution < 1.29 is 19.3 Å². The van der Waals surface area contributed by atoms with Crippen molar-refractivity contribution in [3.63, 3.8) is 0 Å². The number of amides is 3. The predicted octanol–water partition coefficient (Wildman–Crippen LogP) is 2.63. The molecule has 0 bridgehead atoms. The molecule has 4 rings (SSSR count). The molecule has 2 aliphatic heterocycles. The van der Waals surface area contributed by atoms with E-state index in [1.165, 1.54) is 4.90 Å². The van der Waals surface area contributed by atoms with E-state index < -0.39 is 11.8 Å². The van der Waals surface area contributed by atoms with Gasteiger partial charge in [0.1, 0.15) is 10.7 Å². The molecular weight excluding hydrogens is 508 g/mol. The van der Waals surface area contributed by atoms with E-state index in [-0.39, 0.29) is 22.7 Å². The van der Waals surface area contributed by atoms with E-state index in [1.807, 2.05) is 7.05 Å². The maximum absolute atomic E-state index is 13.1. The highest BCUT2D eigenvalue weighted by atomic mass is 79.9. The largest absolute Gasteiger partial charge is 0.350 e. The van der Waals surface area contributed by atoms with Crippen molar-refractivity contribution in [3.05, 3.63) is 69.3 Å². The molecular formula is C24H25BrClN4O3+. The molecule has 33 heavy (non-hydrogen) atoms. The molecule has 2 aromatic carbocycles. The first-order valence-corrected chi connectivity index (χ1v) is 11.9. The van der Waals surface area contributed by atoms with Gasteiger partial charge in [0.2, 0.25) is 0 Å². The first kappa shape index (κ1) is 23.5. The van der Waals surface area contributed by atoms with Crippen molar-refractivity contribution in [2.75, 3.05) is 37.4 Å². The van der Waals surface area contributed by atoms with Gasteiger partial charge in [-0.2, -0.15) is 0 Å². The lowest BCUT2D eigenvalue weighted by atomic mass is 10.0. The molecule has 0 radical (unpaired) electrons. The lowest BCUT2D eigenvalue weighted by molar-refractivity contribution is -0.885. The second-order valence-corrected chi connectivity index (χ2v) is 9.71. The summed E-state index contributed by atoms with van der Waals surface area (Å²) >= 11 is 9.57. The van der Waals surface area contributed by atoms with Gasteiger partial charge in [-0.25, -0.2) is 4.90 Å². The number of nitrogens with one attached hydrogen (secondary N) is 2. The van der Waals surface area contributed by atoms with Gasteiger partial charge in [0.05, 0.1) is 25.8 Å². The molecule has 3 amide bonds. The number of nitrogens with zero attached hydrogens (tertiary/aromatic N) is 2. The Kier molecular flexibility index (Phi) is 6.88. The lowest BCUT2D eigenvalue weighted by Gasteiger charge is -2.33. The molecule has 2 aliphatic rings. The number of carbonyl (C=O) groups excluding carboxylic acids is 3. The first-order chi connectivity index (χ1) is 15.8. The smallest absolute Gasteiger partial charge is 0.283 e. The maximum Gasteiger partial charge on any atom is 0.283 e. The van der Waals surface area contributed by atoms with Crippen LogP contribution in [0.3, 0.4) is 0 Å². The highest BCUT2D eigenvalue weighted by molar-refractivity contribution is 9.10. The van der Waals surface area contributed by atoms with Crippen LogP contribution >= 0.6 is 27.5 Å². The number of carbonyl (C=O) groups is 3. The third-order valence-electron chi connectivity index (χ3n) is 6.17. The van der Waals surface area contributed by atoms with Crippen molar-refractivity contribution in [1.82, 2.24) is 4.90 Å². The van der Waals surface area contributed by atoms with Gasteiger partial charge in [-0.3, -0.25) is 14.4 Å². The fourth-order valence-corrected chi connectivity index (χ4v) is 4.64. The van der Waals surface area contributed by atoms with Crippen LogP contribution in [0.4, 0.5) is 11.4 Å². The van der Waals surface area contributed by atoms with Crippen LogP contribution in [0, 0.1) is 0 Å². The van der Waals surface area contributed by atoms with Gasteiger partial charge in [-0.1, -0.05) is 33.6 Å². The van der Waals surface area contributed by atoms with E-state index in [0.717, 1.165) is 35.3 Å². The SMILES string of the molecule is CN(C(=O)c1cccc(NC2=C(Cl)C(=O)N(c3ccc(Br)cc3)C2=O)c1)C1CC[NH+](C)CC1. The number of imide groups is 1. The molecule has 2 N–H and O–H groups in total. The zero-order valence-electron chi connectivity index (χ0n) is 18.4. The standard InChI is InChI=1S/C24H24BrClN4O3/c1-28-12-10-18(11-13-28)29(2)22(31)15-4-3-5-17(14-15)27-21-20(26)23(32)30(24(21)33)19-8-6-16(25)7-9-19/h3-9,14,18,27H,10-13H2,1-2H3/p+1. The fourth-order valence-electron chi connectivity index (χ4n) is 4.16. The summed E-state index contributed by atoms with van der Waals surface area (Å²) in [5, 5.41) is 2.76. The van der Waals surface area contributed by atoms with Crippen LogP contribution in [0.15, 0.2) is 63.7 Å². The minimum absolute atomic E-state index is 0.0131. The zero-order chi connectivity index (χ0) is 23.7. The van der Waals surface area contributed by atoms with Crippen LogP contribution in [-0.2, 0) is 9.59 Å². The summed E-state index contributed by atoms with van der Waals surface area (Å²) in [5.41, 5.74) is 1.43. The molecule has 172 valence electrons. The summed E-state index contributed by atoms with van der Waals surface area (Å²) in [4.78, 5) is 43.0. The summed E-state index contributed by atoms with van der Waals surface area (Å²) in [6, 6.07) is 13.9. The van der Waals surface area contributed by atoms with Crippen molar-refractivity contribution in [3.8, 4) is 0 Å². The Hall–Kier alpha value is -2.68. The van der Waals surface area contributed by atoms with E-state index >= 15 is 0 Å². The minimum atomic E-state index is -0.595.